The molecule has 0 fully saturated rings. The highest BCUT2D eigenvalue weighted by molar-refractivity contribution is 6.18. The van der Waals surface area contributed by atoms with E-state index in [9.17, 15) is 14.3 Å². The molecule has 1 rings (SSSR count). The largest absolute Gasteiger partial charge is 0.390 e. The predicted molar refractivity (Wildman–Crippen MR) is 65.9 cm³/mol. The van der Waals surface area contributed by atoms with Gasteiger partial charge < -0.3 is 15.7 Å². The third kappa shape index (κ3) is 4.58. The maximum Gasteiger partial charge on any atom is 0.221 e. The molecule has 0 saturated carbocycles. The molecule has 4 nitrogen and oxygen atoms in total. The number of carbonyl (C=O) groups is 1. The summed E-state index contributed by atoms with van der Waals surface area (Å²) in [7, 11) is 0. The van der Waals surface area contributed by atoms with E-state index in [0.717, 1.165) is 0 Å². The zero-order valence-electron chi connectivity index (χ0n) is 9.34. The Morgan fingerprint density at radius 2 is 2.29 bits per heavy atom. The van der Waals surface area contributed by atoms with Crippen LogP contribution in [0.25, 0.3) is 0 Å². The Kier molecular flexibility index (Phi) is 5.18. The summed E-state index contributed by atoms with van der Waals surface area (Å²) in [5, 5.41) is 14.5. The maximum atomic E-state index is 13.3. The molecule has 0 heterocycles. The minimum Gasteiger partial charge on any atom is -0.390 e. The topological polar surface area (TPSA) is 61.4 Å². The van der Waals surface area contributed by atoms with Crippen molar-refractivity contribution in [1.82, 2.24) is 0 Å². The third-order valence-electron chi connectivity index (χ3n) is 2.00. The van der Waals surface area contributed by atoms with Crippen LogP contribution in [0.5, 0.6) is 0 Å². The Bertz CT molecular complexity index is 401. The molecule has 0 spiro atoms. The van der Waals surface area contributed by atoms with Crippen molar-refractivity contribution < 1.29 is 14.3 Å². The number of carbonyl (C=O) groups excluding carboxylic acids is 1. The molecule has 3 N–H and O–H groups in total. The Morgan fingerprint density at radius 1 is 1.59 bits per heavy atom. The van der Waals surface area contributed by atoms with E-state index in [1.165, 1.54) is 25.1 Å². The third-order valence-corrected chi connectivity index (χ3v) is 2.35. The zero-order chi connectivity index (χ0) is 12.8. The van der Waals surface area contributed by atoms with Crippen molar-refractivity contribution in [2.75, 3.05) is 23.1 Å². The highest BCUT2D eigenvalue weighted by Crippen LogP contribution is 2.19. The number of rotatable bonds is 5. The first kappa shape index (κ1) is 13.7. The number of amides is 1. The Hall–Kier alpha value is -1.33. The second kappa shape index (κ2) is 6.42. The summed E-state index contributed by atoms with van der Waals surface area (Å²) < 4.78 is 13.3. The molecule has 0 bridgehead atoms. The maximum absolute atomic E-state index is 13.3. The number of nitrogens with one attached hydrogen (secondary N) is 2. The van der Waals surface area contributed by atoms with Gasteiger partial charge in [-0.2, -0.15) is 0 Å². The molecular formula is C11H14ClFN2O2. The molecule has 0 aliphatic heterocycles. The van der Waals surface area contributed by atoms with E-state index >= 15 is 0 Å². The van der Waals surface area contributed by atoms with E-state index in [2.05, 4.69) is 10.6 Å². The quantitative estimate of drug-likeness (QED) is 0.708. The average molecular weight is 261 g/mol. The van der Waals surface area contributed by atoms with Gasteiger partial charge in [0.05, 0.1) is 17.7 Å². The second-order valence-corrected chi connectivity index (χ2v) is 3.87. The van der Waals surface area contributed by atoms with Crippen LogP contribution in [0.3, 0.4) is 0 Å². The fourth-order valence-corrected chi connectivity index (χ4v) is 1.32. The van der Waals surface area contributed by atoms with Crippen LogP contribution in [0.2, 0.25) is 0 Å². The molecule has 17 heavy (non-hydrogen) atoms. The Morgan fingerprint density at radius 3 is 2.88 bits per heavy atom. The van der Waals surface area contributed by atoms with Crippen LogP contribution in [0.15, 0.2) is 18.2 Å². The highest BCUT2D eigenvalue weighted by Gasteiger charge is 2.06. The van der Waals surface area contributed by atoms with Crippen molar-refractivity contribution in [3.8, 4) is 0 Å². The van der Waals surface area contributed by atoms with Crippen LogP contribution in [-0.2, 0) is 4.79 Å². The monoisotopic (exact) mass is 260 g/mol. The molecule has 0 aliphatic rings. The number of aliphatic hydroxyl groups is 1. The van der Waals surface area contributed by atoms with Gasteiger partial charge in [0.2, 0.25) is 5.91 Å². The van der Waals surface area contributed by atoms with Crippen molar-refractivity contribution in [2.45, 2.75) is 13.0 Å². The lowest BCUT2D eigenvalue weighted by atomic mass is 10.2. The summed E-state index contributed by atoms with van der Waals surface area (Å²) in [6.45, 7) is 1.56. The predicted octanol–water partition coefficient (Wildman–Crippen LogP) is 1.80. The molecule has 0 aliphatic carbocycles. The molecule has 0 aromatic heterocycles. The van der Waals surface area contributed by atoms with E-state index in [0.29, 0.717) is 5.69 Å². The molecule has 1 unspecified atom stereocenters. The number of halogens is 2. The molecule has 1 amide bonds. The Labute approximate surface area is 104 Å². The number of hydrogen-bond acceptors (Lipinski definition) is 3. The lowest BCUT2D eigenvalue weighted by Crippen LogP contribution is -2.20. The molecular weight excluding hydrogens is 247 g/mol. The van der Waals surface area contributed by atoms with Gasteiger partial charge >= 0.3 is 0 Å². The standard InChI is InChI=1S/C11H14ClFN2O2/c1-7(16)15-11-4-8(2-3-10(11)13)14-6-9(17)5-12/h2-4,9,14,17H,5-6H2,1H3,(H,15,16). The van der Waals surface area contributed by atoms with Crippen molar-refractivity contribution in [1.29, 1.82) is 0 Å². The second-order valence-electron chi connectivity index (χ2n) is 3.56. The minimum absolute atomic E-state index is 0.0999. The van der Waals surface area contributed by atoms with Crippen LogP contribution in [0.1, 0.15) is 6.92 Å². The fourth-order valence-electron chi connectivity index (χ4n) is 1.21. The highest BCUT2D eigenvalue weighted by atomic mass is 35.5. The van der Waals surface area contributed by atoms with Gasteiger partial charge in [-0.05, 0) is 18.2 Å². The minimum atomic E-state index is -0.675. The first-order chi connectivity index (χ1) is 8.02. The first-order valence-electron chi connectivity index (χ1n) is 5.08. The van der Waals surface area contributed by atoms with Gasteiger partial charge in [-0.1, -0.05) is 0 Å². The van der Waals surface area contributed by atoms with Gasteiger partial charge in [-0.15, -0.1) is 11.6 Å². The summed E-state index contributed by atoms with van der Waals surface area (Å²) in [6, 6.07) is 4.21. The van der Waals surface area contributed by atoms with Crippen molar-refractivity contribution in [2.24, 2.45) is 0 Å². The average Bonchev–Trinajstić information content (AvgIpc) is 2.29. The molecule has 0 radical (unpaired) electrons. The molecule has 94 valence electrons. The fraction of sp³-hybridized carbons (Fsp3) is 0.364. The van der Waals surface area contributed by atoms with Gasteiger partial charge in [0, 0.05) is 19.2 Å². The van der Waals surface area contributed by atoms with Gasteiger partial charge in [-0.3, -0.25) is 4.79 Å². The summed E-state index contributed by atoms with van der Waals surface area (Å²) in [5.74, 6) is -0.738. The van der Waals surface area contributed by atoms with Crippen LogP contribution in [0, 0.1) is 5.82 Å². The summed E-state index contributed by atoms with van der Waals surface area (Å²) in [4.78, 5) is 10.8. The number of aliphatic hydroxyl groups excluding tert-OH is 1. The lowest BCUT2D eigenvalue weighted by Gasteiger charge is -2.11. The molecule has 1 aromatic carbocycles. The molecule has 0 saturated heterocycles. The lowest BCUT2D eigenvalue weighted by molar-refractivity contribution is -0.114. The van der Waals surface area contributed by atoms with Crippen molar-refractivity contribution >= 4 is 28.9 Å². The van der Waals surface area contributed by atoms with Gasteiger partial charge in [0.1, 0.15) is 5.82 Å². The van der Waals surface area contributed by atoms with Gasteiger partial charge in [-0.25, -0.2) is 4.39 Å². The van der Waals surface area contributed by atoms with Gasteiger partial charge in [0.15, 0.2) is 0 Å². The van der Waals surface area contributed by atoms with E-state index in [1.54, 1.807) is 0 Å². The van der Waals surface area contributed by atoms with Gasteiger partial charge in [0.25, 0.3) is 0 Å². The SMILES string of the molecule is CC(=O)Nc1cc(NCC(O)CCl)ccc1F. The zero-order valence-corrected chi connectivity index (χ0v) is 10.1. The Balaban J connectivity index is 2.71. The molecule has 1 atom stereocenters. The summed E-state index contributed by atoms with van der Waals surface area (Å²) >= 11 is 5.44. The van der Waals surface area contributed by atoms with E-state index < -0.39 is 11.9 Å². The first-order valence-corrected chi connectivity index (χ1v) is 5.61. The number of alkyl halides is 1. The van der Waals surface area contributed by atoms with E-state index in [4.69, 9.17) is 11.6 Å². The van der Waals surface area contributed by atoms with Crippen LogP contribution in [0.4, 0.5) is 15.8 Å². The number of benzene rings is 1. The molecule has 6 heteroatoms. The normalized spacial score (nSPS) is 12.0. The van der Waals surface area contributed by atoms with E-state index in [1.807, 2.05) is 0 Å². The van der Waals surface area contributed by atoms with Crippen molar-refractivity contribution in [3.63, 3.8) is 0 Å². The van der Waals surface area contributed by atoms with E-state index in [-0.39, 0.29) is 24.0 Å². The number of hydrogen-bond donors (Lipinski definition) is 3. The summed E-state index contributed by atoms with van der Waals surface area (Å²) in [5.41, 5.74) is 0.696. The van der Waals surface area contributed by atoms with Crippen LogP contribution >= 0.6 is 11.6 Å². The smallest absolute Gasteiger partial charge is 0.221 e. The van der Waals surface area contributed by atoms with Crippen LogP contribution < -0.4 is 10.6 Å². The summed E-state index contributed by atoms with van der Waals surface area (Å²) in [6.07, 6.45) is -0.675. The number of anilines is 2. The van der Waals surface area contributed by atoms with Crippen LogP contribution in [-0.4, -0.2) is 29.5 Å². The van der Waals surface area contributed by atoms with Crippen molar-refractivity contribution in [3.05, 3.63) is 24.0 Å². The molecule has 1 aromatic rings.